The summed E-state index contributed by atoms with van der Waals surface area (Å²) in [5, 5.41) is 3.32. The van der Waals surface area contributed by atoms with Gasteiger partial charge in [0.25, 0.3) is 0 Å². The minimum Gasteiger partial charge on any atom is -0.358 e. The molecule has 0 bridgehead atoms. The lowest BCUT2D eigenvalue weighted by atomic mass is 10.3. The molecule has 1 N–H and O–H groups in total. The zero-order valence-corrected chi connectivity index (χ0v) is 11.2. The zero-order valence-electron chi connectivity index (χ0n) is 11.2. The van der Waals surface area contributed by atoms with Crippen LogP contribution in [0, 0.1) is 0 Å². The predicted molar refractivity (Wildman–Crippen MR) is 72.2 cm³/mol. The van der Waals surface area contributed by atoms with Gasteiger partial charge in [0.1, 0.15) is 5.82 Å². The highest BCUT2D eigenvalue weighted by Crippen LogP contribution is 2.07. The molecule has 0 fully saturated rings. The summed E-state index contributed by atoms with van der Waals surface area (Å²) in [6.45, 7) is 7.23. The van der Waals surface area contributed by atoms with Crippen LogP contribution in [0.25, 0.3) is 0 Å². The van der Waals surface area contributed by atoms with Gasteiger partial charge in [-0.1, -0.05) is 20.3 Å². The Morgan fingerprint density at radius 1 is 1.18 bits per heavy atom. The summed E-state index contributed by atoms with van der Waals surface area (Å²) >= 11 is 0. The molecule has 1 heterocycles. The molecule has 0 unspecified atom stereocenters. The van der Waals surface area contributed by atoms with Crippen LogP contribution in [0.4, 0.5) is 5.82 Å². The van der Waals surface area contributed by atoms with Crippen LogP contribution in [0.5, 0.6) is 0 Å². The highest BCUT2D eigenvalue weighted by atomic mass is 15.2. The van der Waals surface area contributed by atoms with E-state index in [-0.39, 0.29) is 0 Å². The lowest BCUT2D eigenvalue weighted by Crippen LogP contribution is -2.20. The van der Waals surface area contributed by atoms with Crippen LogP contribution in [0.15, 0.2) is 12.4 Å². The summed E-state index contributed by atoms with van der Waals surface area (Å²) in [6, 6.07) is 0. The number of nitrogens with zero attached hydrogens (tertiary/aromatic N) is 3. The highest BCUT2D eigenvalue weighted by Gasteiger charge is 2.02. The number of unbranched alkanes of at least 4 members (excludes halogenated alkanes) is 1. The quantitative estimate of drug-likeness (QED) is 0.703. The fraction of sp³-hybridized carbons (Fsp3) is 0.692. The molecule has 4 heteroatoms. The van der Waals surface area contributed by atoms with Crippen molar-refractivity contribution in [2.24, 2.45) is 0 Å². The van der Waals surface area contributed by atoms with Crippen LogP contribution in [0.3, 0.4) is 0 Å². The Balaban J connectivity index is 2.43. The average Bonchev–Trinajstić information content (AvgIpc) is 2.37. The second-order valence-corrected chi connectivity index (χ2v) is 4.32. The number of hydrogen-bond acceptors (Lipinski definition) is 4. The molecule has 0 aromatic carbocycles. The Hall–Kier alpha value is -1.16. The first-order valence-electron chi connectivity index (χ1n) is 6.50. The zero-order chi connectivity index (χ0) is 12.5. The molecule has 4 nitrogen and oxygen atoms in total. The van der Waals surface area contributed by atoms with Crippen molar-refractivity contribution in [3.63, 3.8) is 0 Å². The number of aromatic nitrogens is 2. The Labute approximate surface area is 104 Å². The van der Waals surface area contributed by atoms with E-state index in [0.717, 1.165) is 37.6 Å². The van der Waals surface area contributed by atoms with Crippen LogP contribution in [-0.4, -0.2) is 30.1 Å². The molecule has 96 valence electrons. The van der Waals surface area contributed by atoms with E-state index >= 15 is 0 Å². The van der Waals surface area contributed by atoms with E-state index in [2.05, 4.69) is 41.1 Å². The Morgan fingerprint density at radius 3 is 2.59 bits per heavy atom. The molecule has 0 aliphatic heterocycles. The van der Waals surface area contributed by atoms with Crippen molar-refractivity contribution < 1.29 is 0 Å². The van der Waals surface area contributed by atoms with Crippen LogP contribution >= 0.6 is 0 Å². The Morgan fingerprint density at radius 2 is 2.00 bits per heavy atom. The predicted octanol–water partition coefficient (Wildman–Crippen LogP) is 2.21. The van der Waals surface area contributed by atoms with Gasteiger partial charge in [-0.25, -0.2) is 4.98 Å². The van der Waals surface area contributed by atoms with E-state index < -0.39 is 0 Å². The number of rotatable bonds is 8. The van der Waals surface area contributed by atoms with Crippen LogP contribution in [-0.2, 0) is 6.54 Å². The monoisotopic (exact) mass is 236 g/mol. The number of anilines is 1. The van der Waals surface area contributed by atoms with Gasteiger partial charge in [-0.15, -0.1) is 0 Å². The molecule has 1 rings (SSSR count). The van der Waals surface area contributed by atoms with Crippen molar-refractivity contribution in [3.05, 3.63) is 18.1 Å². The second-order valence-electron chi connectivity index (χ2n) is 4.32. The van der Waals surface area contributed by atoms with Crippen molar-refractivity contribution in [2.45, 2.75) is 39.7 Å². The van der Waals surface area contributed by atoms with Gasteiger partial charge >= 0.3 is 0 Å². The molecule has 0 aliphatic rings. The maximum atomic E-state index is 4.43. The van der Waals surface area contributed by atoms with E-state index in [4.69, 9.17) is 0 Å². The topological polar surface area (TPSA) is 41.1 Å². The summed E-state index contributed by atoms with van der Waals surface area (Å²) < 4.78 is 0. The van der Waals surface area contributed by atoms with E-state index in [1.54, 1.807) is 0 Å². The lowest BCUT2D eigenvalue weighted by Gasteiger charge is -2.17. The van der Waals surface area contributed by atoms with E-state index in [1.165, 1.54) is 12.8 Å². The third-order valence-corrected chi connectivity index (χ3v) is 2.66. The van der Waals surface area contributed by atoms with E-state index in [1.807, 2.05) is 12.4 Å². The molecular formula is C13H24N4. The minimum atomic E-state index is 0.805. The molecule has 1 aromatic heterocycles. The van der Waals surface area contributed by atoms with Gasteiger partial charge in [-0.05, 0) is 19.4 Å². The normalized spacial score (nSPS) is 10.5. The molecule has 0 aliphatic carbocycles. The summed E-state index contributed by atoms with van der Waals surface area (Å²) in [4.78, 5) is 11.0. The van der Waals surface area contributed by atoms with Gasteiger partial charge in [0, 0.05) is 20.1 Å². The summed E-state index contributed by atoms with van der Waals surface area (Å²) in [5.41, 5.74) is 1.01. The van der Waals surface area contributed by atoms with Crippen LogP contribution in [0.2, 0.25) is 0 Å². The van der Waals surface area contributed by atoms with Crippen molar-refractivity contribution in [1.82, 2.24) is 15.3 Å². The summed E-state index contributed by atoms with van der Waals surface area (Å²) in [5.74, 6) is 0.956. The van der Waals surface area contributed by atoms with Crippen molar-refractivity contribution in [2.75, 3.05) is 25.0 Å². The second kappa shape index (κ2) is 8.01. The molecule has 0 amide bonds. The van der Waals surface area contributed by atoms with Gasteiger partial charge in [0.05, 0.1) is 18.1 Å². The fourth-order valence-electron chi connectivity index (χ4n) is 1.54. The summed E-state index contributed by atoms with van der Waals surface area (Å²) in [7, 11) is 2.06. The molecule has 0 saturated heterocycles. The molecule has 0 radical (unpaired) electrons. The Bertz CT molecular complexity index is 297. The molecule has 0 atom stereocenters. The smallest absolute Gasteiger partial charge is 0.146 e. The van der Waals surface area contributed by atoms with Crippen molar-refractivity contribution >= 4 is 5.82 Å². The molecule has 17 heavy (non-hydrogen) atoms. The van der Waals surface area contributed by atoms with E-state index in [9.17, 15) is 0 Å². The van der Waals surface area contributed by atoms with Gasteiger partial charge in [0.15, 0.2) is 0 Å². The SMILES string of the molecule is CCCCN(C)c1cnc(CNCCC)cn1. The van der Waals surface area contributed by atoms with Crippen molar-refractivity contribution in [1.29, 1.82) is 0 Å². The highest BCUT2D eigenvalue weighted by molar-refractivity contribution is 5.34. The average molecular weight is 236 g/mol. The third kappa shape index (κ3) is 5.13. The largest absolute Gasteiger partial charge is 0.358 e. The van der Waals surface area contributed by atoms with Gasteiger partial charge in [-0.2, -0.15) is 0 Å². The Kier molecular flexibility index (Phi) is 6.55. The first-order chi connectivity index (χ1) is 8.27. The summed E-state index contributed by atoms with van der Waals surface area (Å²) in [6.07, 6.45) is 7.26. The number of hydrogen-bond donors (Lipinski definition) is 1. The lowest BCUT2D eigenvalue weighted by molar-refractivity contribution is 0.661. The third-order valence-electron chi connectivity index (χ3n) is 2.66. The maximum Gasteiger partial charge on any atom is 0.146 e. The first kappa shape index (κ1) is 13.9. The maximum absolute atomic E-state index is 4.43. The molecular weight excluding hydrogens is 212 g/mol. The fourth-order valence-corrected chi connectivity index (χ4v) is 1.54. The van der Waals surface area contributed by atoms with Crippen LogP contribution < -0.4 is 10.2 Å². The molecule has 0 spiro atoms. The number of nitrogens with one attached hydrogen (secondary N) is 1. The standard InChI is InChI=1S/C13H24N4/c1-4-6-8-17(3)13-11-15-12(10-16-13)9-14-7-5-2/h10-11,14H,4-9H2,1-3H3. The minimum absolute atomic E-state index is 0.805. The van der Waals surface area contributed by atoms with Gasteiger partial charge in [-0.3, -0.25) is 4.98 Å². The van der Waals surface area contributed by atoms with Crippen LogP contribution in [0.1, 0.15) is 38.8 Å². The first-order valence-corrected chi connectivity index (χ1v) is 6.50. The van der Waals surface area contributed by atoms with E-state index in [0.29, 0.717) is 0 Å². The van der Waals surface area contributed by atoms with Crippen molar-refractivity contribution in [3.8, 4) is 0 Å². The van der Waals surface area contributed by atoms with Gasteiger partial charge < -0.3 is 10.2 Å². The van der Waals surface area contributed by atoms with Gasteiger partial charge in [0.2, 0.25) is 0 Å². The molecule has 1 aromatic rings. The molecule has 0 saturated carbocycles.